The molecule has 0 radical (unpaired) electrons. The summed E-state index contributed by atoms with van der Waals surface area (Å²) in [5, 5.41) is 13.4. The van der Waals surface area contributed by atoms with E-state index in [0.29, 0.717) is 17.2 Å². The van der Waals surface area contributed by atoms with Crippen LogP contribution in [0.2, 0.25) is 0 Å². The van der Waals surface area contributed by atoms with Crippen LogP contribution in [0.15, 0.2) is 36.4 Å². The molecule has 0 bridgehead atoms. The first-order chi connectivity index (χ1) is 13.6. The second-order valence-electron chi connectivity index (χ2n) is 7.77. The summed E-state index contributed by atoms with van der Waals surface area (Å²) >= 11 is 0. The fourth-order valence-electron chi connectivity index (χ4n) is 4.84. The van der Waals surface area contributed by atoms with Gasteiger partial charge in [-0.1, -0.05) is 31.0 Å². The maximum absolute atomic E-state index is 13.5. The maximum Gasteiger partial charge on any atom is 0.231 e. The van der Waals surface area contributed by atoms with Crippen LogP contribution < -0.4 is 14.8 Å². The third-order valence-electron chi connectivity index (χ3n) is 6.38. The van der Waals surface area contributed by atoms with Crippen molar-refractivity contribution in [1.82, 2.24) is 5.32 Å². The molecule has 0 heterocycles. The third kappa shape index (κ3) is 2.99. The highest BCUT2D eigenvalue weighted by molar-refractivity contribution is 5.89. The molecule has 1 atom stereocenters. The van der Waals surface area contributed by atoms with Crippen molar-refractivity contribution < 1.29 is 19.4 Å². The minimum atomic E-state index is -0.543. The van der Waals surface area contributed by atoms with E-state index in [9.17, 15) is 9.90 Å². The number of carbonyl (C=O) groups is 1. The molecule has 1 unspecified atom stereocenters. The minimum Gasteiger partial charge on any atom is -0.508 e. The van der Waals surface area contributed by atoms with E-state index in [-0.39, 0.29) is 11.9 Å². The highest BCUT2D eigenvalue weighted by Crippen LogP contribution is 2.45. The van der Waals surface area contributed by atoms with Gasteiger partial charge in [-0.2, -0.15) is 0 Å². The van der Waals surface area contributed by atoms with E-state index < -0.39 is 5.41 Å². The number of fused-ring (bicyclic) bond motifs is 1. The van der Waals surface area contributed by atoms with Crippen molar-refractivity contribution in [2.45, 2.75) is 50.0 Å². The summed E-state index contributed by atoms with van der Waals surface area (Å²) in [6.07, 6.45) is 5.33. The number of hydrogen-bond acceptors (Lipinski definition) is 4. The normalized spacial score (nSPS) is 19.9. The number of amides is 1. The van der Waals surface area contributed by atoms with Gasteiger partial charge in [0.1, 0.15) is 5.75 Å². The lowest BCUT2D eigenvalue weighted by Gasteiger charge is -2.30. The van der Waals surface area contributed by atoms with Crippen molar-refractivity contribution in [3.05, 3.63) is 53.1 Å². The van der Waals surface area contributed by atoms with Crippen LogP contribution in [0.3, 0.4) is 0 Å². The fraction of sp³-hybridized carbons (Fsp3) is 0.435. The molecule has 148 valence electrons. The van der Waals surface area contributed by atoms with Crippen LogP contribution >= 0.6 is 0 Å². The van der Waals surface area contributed by atoms with Crippen molar-refractivity contribution in [2.24, 2.45) is 0 Å². The van der Waals surface area contributed by atoms with Gasteiger partial charge in [-0.3, -0.25) is 4.79 Å². The molecular weight excluding hydrogens is 354 g/mol. The number of carbonyl (C=O) groups excluding carboxylic acids is 1. The van der Waals surface area contributed by atoms with Gasteiger partial charge in [-0.05, 0) is 60.6 Å². The molecule has 1 saturated carbocycles. The molecule has 1 amide bonds. The number of methoxy groups -OCH3 is 2. The molecule has 5 heteroatoms. The predicted octanol–water partition coefficient (Wildman–Crippen LogP) is 4.02. The molecule has 2 aromatic rings. The summed E-state index contributed by atoms with van der Waals surface area (Å²) in [5.74, 6) is 1.71. The van der Waals surface area contributed by atoms with Crippen LogP contribution in [-0.4, -0.2) is 25.2 Å². The molecule has 0 aromatic heterocycles. The largest absolute Gasteiger partial charge is 0.508 e. The van der Waals surface area contributed by atoms with Gasteiger partial charge >= 0.3 is 0 Å². The number of rotatable bonds is 5. The lowest BCUT2D eigenvalue weighted by atomic mass is 9.77. The SMILES string of the molecule is COc1ccc(C2(C(=O)NC3CCc4c(O)cccc43)CCCC2)cc1OC. The number of benzene rings is 2. The van der Waals surface area contributed by atoms with Gasteiger partial charge in [-0.15, -0.1) is 0 Å². The van der Waals surface area contributed by atoms with Gasteiger partial charge in [-0.25, -0.2) is 0 Å². The van der Waals surface area contributed by atoms with E-state index in [4.69, 9.17) is 9.47 Å². The zero-order chi connectivity index (χ0) is 19.7. The Morgan fingerprint density at radius 2 is 1.86 bits per heavy atom. The first-order valence-corrected chi connectivity index (χ1v) is 9.93. The Balaban J connectivity index is 1.64. The molecule has 0 spiro atoms. The molecule has 2 aromatic carbocycles. The first-order valence-electron chi connectivity index (χ1n) is 9.93. The number of phenols is 1. The summed E-state index contributed by atoms with van der Waals surface area (Å²) in [6.45, 7) is 0. The standard InChI is InChI=1S/C23H27NO4/c1-27-20-11-8-15(14-21(20)28-2)23(12-3-4-13-23)22(26)24-18-10-9-17-16(18)6-5-7-19(17)25/h5-8,11,14,18,25H,3-4,9-10,12-13H2,1-2H3,(H,24,26). The van der Waals surface area contributed by atoms with Crippen LogP contribution in [0.25, 0.3) is 0 Å². The van der Waals surface area contributed by atoms with E-state index in [0.717, 1.165) is 55.2 Å². The maximum atomic E-state index is 13.5. The molecule has 28 heavy (non-hydrogen) atoms. The minimum absolute atomic E-state index is 0.0489. The van der Waals surface area contributed by atoms with E-state index in [1.807, 2.05) is 30.3 Å². The second-order valence-corrected chi connectivity index (χ2v) is 7.77. The Morgan fingerprint density at radius 1 is 1.11 bits per heavy atom. The van der Waals surface area contributed by atoms with E-state index >= 15 is 0 Å². The molecule has 2 aliphatic rings. The fourth-order valence-corrected chi connectivity index (χ4v) is 4.84. The molecule has 0 saturated heterocycles. The summed E-state index contributed by atoms with van der Waals surface area (Å²) in [4.78, 5) is 13.5. The van der Waals surface area contributed by atoms with Gasteiger partial charge in [0.25, 0.3) is 0 Å². The highest BCUT2D eigenvalue weighted by Gasteiger charge is 2.44. The number of aromatic hydroxyl groups is 1. The molecule has 2 aliphatic carbocycles. The molecule has 4 rings (SSSR count). The Bertz CT molecular complexity index is 886. The lowest BCUT2D eigenvalue weighted by molar-refractivity contribution is -0.127. The van der Waals surface area contributed by atoms with Crippen LogP contribution in [0.5, 0.6) is 17.2 Å². The summed E-state index contributed by atoms with van der Waals surface area (Å²) in [6, 6.07) is 11.3. The van der Waals surface area contributed by atoms with E-state index in [1.165, 1.54) is 0 Å². The number of hydrogen-bond donors (Lipinski definition) is 2. The van der Waals surface area contributed by atoms with Crippen molar-refractivity contribution in [2.75, 3.05) is 14.2 Å². The Hall–Kier alpha value is -2.69. The number of nitrogens with one attached hydrogen (secondary N) is 1. The monoisotopic (exact) mass is 381 g/mol. The molecule has 5 nitrogen and oxygen atoms in total. The third-order valence-corrected chi connectivity index (χ3v) is 6.38. The summed E-state index contributed by atoms with van der Waals surface area (Å²) < 4.78 is 10.8. The average molecular weight is 381 g/mol. The van der Waals surface area contributed by atoms with Crippen LogP contribution in [0.4, 0.5) is 0 Å². The molecule has 1 fully saturated rings. The van der Waals surface area contributed by atoms with Crippen LogP contribution in [0.1, 0.15) is 54.8 Å². The summed E-state index contributed by atoms with van der Waals surface area (Å²) in [5.41, 5.74) is 2.43. The Morgan fingerprint density at radius 3 is 2.57 bits per heavy atom. The zero-order valence-corrected chi connectivity index (χ0v) is 16.5. The highest BCUT2D eigenvalue weighted by atomic mass is 16.5. The smallest absolute Gasteiger partial charge is 0.231 e. The van der Waals surface area contributed by atoms with Gasteiger partial charge in [0, 0.05) is 0 Å². The van der Waals surface area contributed by atoms with Gasteiger partial charge < -0.3 is 19.9 Å². The second kappa shape index (κ2) is 7.38. The van der Waals surface area contributed by atoms with Crippen LogP contribution in [-0.2, 0) is 16.6 Å². The molecule has 0 aliphatic heterocycles. The van der Waals surface area contributed by atoms with Gasteiger partial charge in [0.2, 0.25) is 5.91 Å². The van der Waals surface area contributed by atoms with Crippen LogP contribution in [0, 0.1) is 0 Å². The molecule has 2 N–H and O–H groups in total. The Kier molecular flexibility index (Phi) is 4.92. The zero-order valence-electron chi connectivity index (χ0n) is 16.5. The van der Waals surface area contributed by atoms with E-state index in [1.54, 1.807) is 20.3 Å². The Labute approximate surface area is 165 Å². The van der Waals surface area contributed by atoms with Gasteiger partial charge in [0.15, 0.2) is 11.5 Å². The lowest BCUT2D eigenvalue weighted by Crippen LogP contribution is -2.43. The van der Waals surface area contributed by atoms with Crippen molar-refractivity contribution >= 4 is 5.91 Å². The van der Waals surface area contributed by atoms with E-state index in [2.05, 4.69) is 5.32 Å². The number of ether oxygens (including phenoxy) is 2. The van der Waals surface area contributed by atoms with Gasteiger partial charge in [0.05, 0.1) is 25.7 Å². The first kappa shape index (κ1) is 18.7. The quantitative estimate of drug-likeness (QED) is 0.821. The molecular formula is C23H27NO4. The van der Waals surface area contributed by atoms with Crippen molar-refractivity contribution in [1.29, 1.82) is 0 Å². The van der Waals surface area contributed by atoms with Crippen molar-refractivity contribution in [3.8, 4) is 17.2 Å². The average Bonchev–Trinajstić information content (AvgIpc) is 3.37. The summed E-state index contributed by atoms with van der Waals surface area (Å²) in [7, 11) is 3.23. The number of phenolic OH excluding ortho intramolecular Hbond substituents is 1. The predicted molar refractivity (Wildman–Crippen MR) is 107 cm³/mol. The topological polar surface area (TPSA) is 67.8 Å². The van der Waals surface area contributed by atoms with Crippen molar-refractivity contribution in [3.63, 3.8) is 0 Å².